The highest BCUT2D eigenvalue weighted by Crippen LogP contribution is 2.42. The molecule has 0 radical (unpaired) electrons. The molecule has 0 aliphatic carbocycles. The van der Waals surface area contributed by atoms with Crippen LogP contribution < -0.4 is 4.74 Å². The van der Waals surface area contributed by atoms with Crippen molar-refractivity contribution in [1.82, 2.24) is 9.80 Å². The predicted octanol–water partition coefficient (Wildman–Crippen LogP) is 3.49. The van der Waals surface area contributed by atoms with Crippen molar-refractivity contribution in [2.75, 3.05) is 32.5 Å². The van der Waals surface area contributed by atoms with Crippen molar-refractivity contribution in [3.05, 3.63) is 52.2 Å². The molecule has 2 amide bonds. The monoisotopic (exact) mass is 390 g/mol. The summed E-state index contributed by atoms with van der Waals surface area (Å²) in [6.45, 7) is 3.61. The summed E-state index contributed by atoms with van der Waals surface area (Å²) < 4.78 is 5.46. The molecule has 1 aliphatic rings. The standard InChI is InChI=1S/C19H22N2O3S2/c1-3-20(18(23)16-9-6-12-25-16)10-11-21-17(22)13-26-19(21)14-7-4-5-8-15(14)24-2/h4-9,12,19H,3,10-11,13H2,1-2H3/t19-/m1/s1. The molecule has 138 valence electrons. The van der Waals surface area contributed by atoms with Crippen LogP contribution in [-0.2, 0) is 4.79 Å². The molecule has 0 spiro atoms. The van der Waals surface area contributed by atoms with E-state index >= 15 is 0 Å². The first kappa shape index (κ1) is 18.8. The number of nitrogens with zero attached hydrogens (tertiary/aromatic N) is 2. The summed E-state index contributed by atoms with van der Waals surface area (Å²) in [7, 11) is 1.64. The van der Waals surface area contributed by atoms with Gasteiger partial charge in [0.2, 0.25) is 5.91 Å². The Hall–Kier alpha value is -1.99. The molecule has 0 bridgehead atoms. The first-order chi connectivity index (χ1) is 12.7. The number of hydrogen-bond acceptors (Lipinski definition) is 5. The van der Waals surface area contributed by atoms with Crippen molar-refractivity contribution in [3.63, 3.8) is 0 Å². The zero-order chi connectivity index (χ0) is 18.5. The van der Waals surface area contributed by atoms with E-state index in [4.69, 9.17) is 4.74 Å². The van der Waals surface area contributed by atoms with E-state index in [1.54, 1.807) is 23.8 Å². The molecule has 1 fully saturated rings. The summed E-state index contributed by atoms with van der Waals surface area (Å²) in [6, 6.07) is 11.5. The number of benzene rings is 1. The van der Waals surface area contributed by atoms with Crippen LogP contribution in [0.4, 0.5) is 0 Å². The van der Waals surface area contributed by atoms with Gasteiger partial charge in [0.05, 0.1) is 17.7 Å². The van der Waals surface area contributed by atoms with E-state index in [0.29, 0.717) is 25.4 Å². The lowest BCUT2D eigenvalue weighted by atomic mass is 10.2. The quantitative estimate of drug-likeness (QED) is 0.726. The van der Waals surface area contributed by atoms with Crippen LogP contribution in [0.5, 0.6) is 5.75 Å². The Morgan fingerprint density at radius 3 is 2.81 bits per heavy atom. The zero-order valence-corrected chi connectivity index (χ0v) is 16.5. The number of ether oxygens (including phenoxy) is 1. The molecule has 1 saturated heterocycles. The van der Waals surface area contributed by atoms with Crippen LogP contribution in [0.3, 0.4) is 0 Å². The van der Waals surface area contributed by atoms with Gasteiger partial charge < -0.3 is 14.5 Å². The lowest BCUT2D eigenvalue weighted by Gasteiger charge is -2.28. The van der Waals surface area contributed by atoms with Gasteiger partial charge in [-0.05, 0) is 24.4 Å². The smallest absolute Gasteiger partial charge is 0.263 e. The van der Waals surface area contributed by atoms with Gasteiger partial charge in [-0.25, -0.2) is 0 Å². The Balaban J connectivity index is 1.72. The van der Waals surface area contributed by atoms with Crippen molar-refractivity contribution in [2.24, 2.45) is 0 Å². The van der Waals surface area contributed by atoms with Gasteiger partial charge in [0, 0.05) is 25.2 Å². The summed E-state index contributed by atoms with van der Waals surface area (Å²) in [6.07, 6.45) is 0. The molecule has 2 aromatic rings. The number of rotatable bonds is 7. The first-order valence-electron chi connectivity index (χ1n) is 8.52. The summed E-state index contributed by atoms with van der Waals surface area (Å²) in [5, 5.41) is 1.83. The molecule has 0 saturated carbocycles. The van der Waals surface area contributed by atoms with Gasteiger partial charge in [-0.3, -0.25) is 9.59 Å². The van der Waals surface area contributed by atoms with Crippen LogP contribution in [0.2, 0.25) is 0 Å². The summed E-state index contributed by atoms with van der Waals surface area (Å²) in [4.78, 5) is 29.4. The van der Waals surface area contributed by atoms with Gasteiger partial charge in [-0.2, -0.15) is 0 Å². The highest BCUT2D eigenvalue weighted by atomic mass is 32.2. The highest BCUT2D eigenvalue weighted by Gasteiger charge is 2.34. The molecule has 0 unspecified atom stereocenters. The van der Waals surface area contributed by atoms with E-state index in [-0.39, 0.29) is 17.2 Å². The third kappa shape index (κ3) is 3.88. The molecule has 5 nitrogen and oxygen atoms in total. The van der Waals surface area contributed by atoms with Crippen molar-refractivity contribution in [3.8, 4) is 5.75 Å². The van der Waals surface area contributed by atoms with Crippen LogP contribution in [-0.4, -0.2) is 54.1 Å². The van der Waals surface area contributed by atoms with Gasteiger partial charge in [-0.1, -0.05) is 24.3 Å². The topological polar surface area (TPSA) is 49.9 Å². The molecule has 1 aromatic carbocycles. The van der Waals surface area contributed by atoms with Gasteiger partial charge in [-0.15, -0.1) is 23.1 Å². The number of thioether (sulfide) groups is 1. The maximum Gasteiger partial charge on any atom is 0.263 e. The first-order valence-corrected chi connectivity index (χ1v) is 10.4. The van der Waals surface area contributed by atoms with E-state index in [1.807, 2.05) is 53.6 Å². The second kappa shape index (κ2) is 8.60. The van der Waals surface area contributed by atoms with E-state index in [0.717, 1.165) is 16.2 Å². The maximum absolute atomic E-state index is 12.6. The molecular weight excluding hydrogens is 368 g/mol. The lowest BCUT2D eigenvalue weighted by molar-refractivity contribution is -0.128. The SMILES string of the molecule is CCN(CCN1C(=O)CS[C@@H]1c1ccccc1OC)C(=O)c1cccs1. The number of methoxy groups -OCH3 is 1. The summed E-state index contributed by atoms with van der Waals surface area (Å²) in [5.41, 5.74) is 0.999. The van der Waals surface area contributed by atoms with E-state index in [9.17, 15) is 9.59 Å². The molecule has 2 heterocycles. The van der Waals surface area contributed by atoms with Crippen LogP contribution in [0.15, 0.2) is 41.8 Å². The maximum atomic E-state index is 12.6. The number of carbonyl (C=O) groups excluding carboxylic acids is 2. The Morgan fingerprint density at radius 1 is 1.31 bits per heavy atom. The molecule has 3 rings (SSSR count). The van der Waals surface area contributed by atoms with Crippen LogP contribution >= 0.6 is 23.1 Å². The molecule has 1 atom stereocenters. The fourth-order valence-electron chi connectivity index (χ4n) is 3.01. The van der Waals surface area contributed by atoms with Gasteiger partial charge in [0.15, 0.2) is 0 Å². The number of likely N-dealkylation sites (N-methyl/N-ethyl adjacent to an activating group) is 1. The van der Waals surface area contributed by atoms with E-state index in [2.05, 4.69) is 0 Å². The molecule has 0 N–H and O–H groups in total. The highest BCUT2D eigenvalue weighted by molar-refractivity contribution is 8.00. The van der Waals surface area contributed by atoms with Crippen molar-refractivity contribution in [1.29, 1.82) is 0 Å². The second-order valence-electron chi connectivity index (χ2n) is 5.85. The van der Waals surface area contributed by atoms with Gasteiger partial charge in [0.1, 0.15) is 11.1 Å². The zero-order valence-electron chi connectivity index (χ0n) is 14.9. The lowest BCUT2D eigenvalue weighted by Crippen LogP contribution is -2.39. The summed E-state index contributed by atoms with van der Waals surface area (Å²) >= 11 is 3.04. The Kier molecular flexibility index (Phi) is 6.21. The van der Waals surface area contributed by atoms with Crippen molar-refractivity contribution in [2.45, 2.75) is 12.3 Å². The molecule has 26 heavy (non-hydrogen) atoms. The number of para-hydroxylation sites is 1. The van der Waals surface area contributed by atoms with Crippen LogP contribution in [0.25, 0.3) is 0 Å². The number of amides is 2. The minimum atomic E-state index is -0.0748. The molecule has 1 aromatic heterocycles. The van der Waals surface area contributed by atoms with Crippen molar-refractivity contribution >= 4 is 34.9 Å². The normalized spacial score (nSPS) is 16.8. The predicted molar refractivity (Wildman–Crippen MR) is 106 cm³/mol. The van der Waals surface area contributed by atoms with E-state index in [1.165, 1.54) is 11.3 Å². The fraction of sp³-hybridized carbons (Fsp3) is 0.368. The minimum absolute atomic E-state index is 0.0237. The Bertz CT molecular complexity index is 764. The largest absolute Gasteiger partial charge is 0.496 e. The third-order valence-electron chi connectivity index (χ3n) is 4.38. The van der Waals surface area contributed by atoms with E-state index < -0.39 is 0 Å². The average Bonchev–Trinajstić information content (AvgIpc) is 3.32. The fourth-order valence-corrected chi connectivity index (χ4v) is 4.95. The van der Waals surface area contributed by atoms with Crippen LogP contribution in [0, 0.1) is 0 Å². The third-order valence-corrected chi connectivity index (χ3v) is 6.48. The molecule has 1 aliphatic heterocycles. The summed E-state index contributed by atoms with van der Waals surface area (Å²) in [5.74, 6) is 1.36. The van der Waals surface area contributed by atoms with Crippen molar-refractivity contribution < 1.29 is 14.3 Å². The second-order valence-corrected chi connectivity index (χ2v) is 7.87. The average molecular weight is 391 g/mol. The minimum Gasteiger partial charge on any atom is -0.496 e. The number of thiophene rings is 1. The van der Waals surface area contributed by atoms with Gasteiger partial charge >= 0.3 is 0 Å². The number of carbonyl (C=O) groups is 2. The number of hydrogen-bond donors (Lipinski definition) is 0. The molecular formula is C19H22N2O3S2. The van der Waals surface area contributed by atoms with Crippen LogP contribution in [0.1, 0.15) is 27.5 Å². The molecule has 7 heteroatoms. The Morgan fingerprint density at radius 2 is 2.12 bits per heavy atom. The Labute approximate surface area is 161 Å². The van der Waals surface area contributed by atoms with Gasteiger partial charge in [0.25, 0.3) is 5.91 Å².